The van der Waals surface area contributed by atoms with Crippen molar-refractivity contribution in [3.63, 3.8) is 0 Å². The van der Waals surface area contributed by atoms with E-state index in [9.17, 15) is 52.7 Å². The molecule has 98 heavy (non-hydrogen) atoms. The number of alkyl carbamates (subject to hydrolysis) is 1. The number of amides is 6. The fourth-order valence-corrected chi connectivity index (χ4v) is 10.1. The number of thioether (sulfide) groups is 1. The number of ether oxygens (including phenoxy) is 3. The first-order valence-electron chi connectivity index (χ1n) is 32.7. The molecule has 0 aliphatic carbocycles. The number of guanidine groups is 4. The van der Waals surface area contributed by atoms with Crippen molar-refractivity contribution in [2.75, 3.05) is 91.4 Å². The summed E-state index contributed by atoms with van der Waals surface area (Å²) in [5.74, 6) is -8.11. The number of hydrogen-bond acceptors (Lipinski definition) is 21. The van der Waals surface area contributed by atoms with Crippen molar-refractivity contribution in [3.8, 4) is 0 Å². The first kappa shape index (κ1) is 87.0. The minimum absolute atomic E-state index is 0.000645. The predicted molar refractivity (Wildman–Crippen MR) is 374 cm³/mol. The van der Waals surface area contributed by atoms with Gasteiger partial charge in [0.05, 0.1) is 55.6 Å². The zero-order valence-corrected chi connectivity index (χ0v) is 58.4. The average Bonchev–Trinajstić information content (AvgIpc) is 0.876. The highest BCUT2D eigenvalue weighted by molar-refractivity contribution is 7.98. The van der Waals surface area contributed by atoms with Crippen LogP contribution in [0.25, 0.3) is 0 Å². The number of oxime groups is 1. The molecular weight excluding hydrogens is 1290 g/mol. The Hall–Kier alpha value is -8.99. The van der Waals surface area contributed by atoms with Crippen molar-refractivity contribution in [1.29, 1.82) is 0 Å². The maximum absolute atomic E-state index is 14.8. The van der Waals surface area contributed by atoms with E-state index in [2.05, 4.69) is 57.0 Å². The molecule has 0 aromatic heterocycles. The molecule has 0 saturated heterocycles. The van der Waals surface area contributed by atoms with Crippen molar-refractivity contribution in [2.24, 2.45) is 88.7 Å². The largest absolute Gasteiger partial charge is 0.447 e. The topological polar surface area (TPSA) is 567 Å². The smallest absolute Gasteiger partial charge is 0.407 e. The zero-order chi connectivity index (χ0) is 73.4. The molecule has 35 heteroatoms. The molecule has 1 aromatic rings. The van der Waals surface area contributed by atoms with E-state index < -0.39 is 114 Å². The van der Waals surface area contributed by atoms with Crippen LogP contribution in [0.3, 0.4) is 0 Å². The van der Waals surface area contributed by atoms with E-state index in [0.29, 0.717) is 29.0 Å². The molecule has 0 radical (unpaired) electrons. The lowest BCUT2D eigenvalue weighted by Gasteiger charge is -2.26. The van der Waals surface area contributed by atoms with E-state index in [1.165, 1.54) is 25.8 Å². The van der Waals surface area contributed by atoms with Gasteiger partial charge in [-0.15, -0.1) is 0 Å². The molecule has 0 aliphatic heterocycles. The summed E-state index contributed by atoms with van der Waals surface area (Å²) in [6.07, 6.45) is 1.37. The summed E-state index contributed by atoms with van der Waals surface area (Å²) >= 11 is 1.41. The molecule has 0 bridgehead atoms. The number of nitrogens with one attached hydrogen (secondary N) is 6. The summed E-state index contributed by atoms with van der Waals surface area (Å²) in [6.45, 7) is 6.57. The van der Waals surface area contributed by atoms with E-state index in [1.807, 2.05) is 6.26 Å². The monoisotopic (exact) mass is 1400 g/mol. The number of carbonyl (C=O) groups is 11. The summed E-state index contributed by atoms with van der Waals surface area (Å²) in [7, 11) is 1.48. The third kappa shape index (κ3) is 40.5. The lowest BCUT2D eigenvalue weighted by atomic mass is 9.89. The van der Waals surface area contributed by atoms with Crippen LogP contribution in [0.15, 0.2) is 49.4 Å². The molecule has 7 atom stereocenters. The van der Waals surface area contributed by atoms with Gasteiger partial charge in [0, 0.05) is 102 Å². The molecule has 0 heterocycles. The maximum Gasteiger partial charge on any atom is 0.407 e. The van der Waals surface area contributed by atoms with Crippen LogP contribution in [0.4, 0.5) is 4.79 Å². The minimum Gasteiger partial charge on any atom is -0.447 e. The summed E-state index contributed by atoms with van der Waals surface area (Å²) in [5, 5.41) is 20.3. The van der Waals surface area contributed by atoms with Gasteiger partial charge in [-0.25, -0.2) is 4.79 Å². The summed E-state index contributed by atoms with van der Waals surface area (Å²) in [5.41, 5.74) is 46.2. The van der Waals surface area contributed by atoms with Crippen LogP contribution in [-0.2, 0) is 73.4 Å². The molecule has 0 saturated carbocycles. The van der Waals surface area contributed by atoms with Crippen LogP contribution in [0.1, 0.15) is 135 Å². The average molecular weight is 1400 g/mol. The Labute approximate surface area is 577 Å². The van der Waals surface area contributed by atoms with Gasteiger partial charge in [0.15, 0.2) is 47.0 Å². The quantitative estimate of drug-likeness (QED) is 0.0152. The minimum atomic E-state index is -1.29. The number of nitrogens with zero attached hydrogens (tertiary/aromatic N) is 5. The zero-order valence-electron chi connectivity index (χ0n) is 57.5. The first-order chi connectivity index (χ1) is 46.6. The highest BCUT2D eigenvalue weighted by Crippen LogP contribution is 2.21. The third-order valence-electron chi connectivity index (χ3n) is 14.9. The molecule has 22 N–H and O–H groups in total. The maximum atomic E-state index is 14.8. The standard InChI is InChI=1S/C63H107N19O15S/c1-7-46(83)34-45(38-98-6)58(92)78-40(4)51(85)21-22-54(88)72-27-29-95-37-55(89)79-49(33-41-17-19-42(20-18-41)39(3)82-97-30-28-77-63(93)96-32-31-94-5)53(87)36-44(14-10-24-74-60(66)67)57(91)81-48(16-12-26-76-62(70)71)52(86)35-43(13-9-23-73-59(64)65)56(90)80-47(50(84)8-2)15-11-25-75-61(68)69/h17-20,40,43-45,47-49H,7-16,21-38H2,1-6H3,(H,72,88)(H,77,93)(H,78,92)(H,79,89)(H,80,90)(H,81,91)(H4,64,65,73)(H4,66,67,74)(H4,68,69,75)(H4,70,71,76)/b82-39+/t40-,43-,44-,45-,47+,48+,49?/m0/s1. The lowest BCUT2D eigenvalue weighted by Crippen LogP contribution is -2.48. The highest BCUT2D eigenvalue weighted by Gasteiger charge is 2.34. The molecule has 6 amide bonds. The number of hydrogen-bond donors (Lipinski definition) is 14. The molecule has 34 nitrogen and oxygen atoms in total. The fraction of sp³-hybridized carbons (Fsp3) is 0.651. The van der Waals surface area contributed by atoms with Crippen molar-refractivity contribution in [1.82, 2.24) is 31.9 Å². The van der Waals surface area contributed by atoms with Gasteiger partial charge in [0.25, 0.3) is 0 Å². The van der Waals surface area contributed by atoms with Crippen molar-refractivity contribution in [2.45, 2.75) is 155 Å². The van der Waals surface area contributed by atoms with Gasteiger partial charge in [-0.05, 0) is 89.0 Å². The Kier molecular flexibility index (Phi) is 45.5. The second kappa shape index (κ2) is 51.3. The summed E-state index contributed by atoms with van der Waals surface area (Å²) in [4.78, 5) is 169. The van der Waals surface area contributed by atoms with E-state index in [-0.39, 0.29) is 185 Å². The van der Waals surface area contributed by atoms with Crippen LogP contribution in [-0.4, -0.2) is 210 Å². The number of Topliss-reactive ketones (excluding diaryl/α,β-unsaturated/α-hetero) is 5. The number of carbonyl (C=O) groups excluding carboxylic acids is 11. The van der Waals surface area contributed by atoms with Gasteiger partial charge in [0.2, 0.25) is 29.5 Å². The van der Waals surface area contributed by atoms with Gasteiger partial charge < -0.3 is 96.8 Å². The lowest BCUT2D eigenvalue weighted by molar-refractivity contribution is -0.135. The van der Waals surface area contributed by atoms with Crippen LogP contribution in [0, 0.1) is 17.8 Å². The molecule has 1 rings (SSSR count). The van der Waals surface area contributed by atoms with Crippen LogP contribution >= 0.6 is 11.8 Å². The number of benzene rings is 1. The predicted octanol–water partition coefficient (Wildman–Crippen LogP) is -1.52. The van der Waals surface area contributed by atoms with E-state index in [4.69, 9.17) is 64.9 Å². The summed E-state index contributed by atoms with van der Waals surface area (Å²) < 4.78 is 15.4. The Morgan fingerprint density at radius 3 is 1.53 bits per heavy atom. The van der Waals surface area contributed by atoms with E-state index >= 15 is 0 Å². The molecular formula is C63H107N19O15S. The molecule has 1 unspecified atom stereocenters. The van der Waals surface area contributed by atoms with E-state index in [1.54, 1.807) is 45.0 Å². The van der Waals surface area contributed by atoms with Gasteiger partial charge in [0.1, 0.15) is 25.6 Å². The van der Waals surface area contributed by atoms with Crippen molar-refractivity contribution >= 4 is 106 Å². The normalized spacial score (nSPS) is 13.2. The molecule has 1 aromatic carbocycles. The Bertz CT molecular complexity index is 2850. The Morgan fingerprint density at radius 2 is 1.03 bits per heavy atom. The second-order valence-electron chi connectivity index (χ2n) is 22.9. The fourth-order valence-electron chi connectivity index (χ4n) is 9.46. The molecule has 550 valence electrons. The third-order valence-corrected chi connectivity index (χ3v) is 15.6. The van der Waals surface area contributed by atoms with Crippen molar-refractivity contribution in [3.05, 3.63) is 35.4 Å². The molecule has 0 fully saturated rings. The van der Waals surface area contributed by atoms with Gasteiger partial charge in [-0.3, -0.25) is 67.9 Å². The number of ketones is 5. The number of aliphatic imine (C=N–C) groups is 4. The Balaban J connectivity index is 3.60. The molecule has 0 aliphatic rings. The first-order valence-corrected chi connectivity index (χ1v) is 34.1. The second-order valence-corrected chi connectivity index (χ2v) is 23.8. The Morgan fingerprint density at radius 1 is 0.531 bits per heavy atom. The van der Waals surface area contributed by atoms with Gasteiger partial charge >= 0.3 is 6.09 Å². The number of methoxy groups -OCH3 is 1. The number of rotatable bonds is 55. The van der Waals surface area contributed by atoms with Crippen LogP contribution < -0.4 is 77.8 Å². The van der Waals surface area contributed by atoms with Gasteiger partial charge in [-0.1, -0.05) is 43.3 Å². The highest BCUT2D eigenvalue weighted by atomic mass is 32.2. The SMILES string of the molecule is CCC(=O)C[C@@H](CSC)C(=O)N[C@@H](C)C(=O)CCC(=O)NCCOCC(=O)NC(Cc1ccc(/C(C)=N/OCCNC(=O)OCCOC)cc1)C(=O)C[C@H](CCCN=C(N)N)C(=O)N[C@H](CCCN=C(N)N)C(=O)C[C@H](CCCN=C(N)N)C(=O)N[C@H](CCCN=C(N)N)C(=O)CC. The van der Waals surface area contributed by atoms with Crippen LogP contribution in [0.2, 0.25) is 0 Å². The molecule has 0 spiro atoms. The van der Waals surface area contributed by atoms with Gasteiger partial charge in [-0.2, -0.15) is 11.8 Å². The van der Waals surface area contributed by atoms with Crippen LogP contribution in [0.5, 0.6) is 0 Å². The number of nitrogens with two attached hydrogens (primary N) is 8. The summed E-state index contributed by atoms with van der Waals surface area (Å²) in [6, 6.07) is 2.41. The van der Waals surface area contributed by atoms with Crippen molar-refractivity contribution < 1.29 is 71.8 Å². The van der Waals surface area contributed by atoms with E-state index in [0.717, 1.165) is 0 Å².